The molecule has 1 heterocycles. The van der Waals surface area contributed by atoms with Crippen molar-refractivity contribution in [2.75, 3.05) is 27.3 Å². The van der Waals surface area contributed by atoms with Crippen molar-refractivity contribution in [3.63, 3.8) is 0 Å². The van der Waals surface area contributed by atoms with Crippen molar-refractivity contribution in [3.8, 4) is 11.5 Å². The fourth-order valence-electron chi connectivity index (χ4n) is 2.65. The van der Waals surface area contributed by atoms with Crippen LogP contribution in [-0.2, 0) is 20.9 Å². The Kier molecular flexibility index (Phi) is 6.51. The summed E-state index contributed by atoms with van der Waals surface area (Å²) >= 11 is 0. The number of hydrogen-bond acceptors (Lipinski definition) is 6. The van der Waals surface area contributed by atoms with Gasteiger partial charge in [0.05, 0.1) is 20.6 Å². The van der Waals surface area contributed by atoms with Gasteiger partial charge in [0, 0.05) is 19.6 Å². The maximum atomic E-state index is 12.4. The van der Waals surface area contributed by atoms with Gasteiger partial charge in [-0.15, -0.1) is 0 Å². The van der Waals surface area contributed by atoms with E-state index in [0.717, 1.165) is 5.56 Å². The van der Waals surface area contributed by atoms with Crippen molar-refractivity contribution in [1.29, 1.82) is 0 Å². The lowest BCUT2D eigenvalue weighted by atomic mass is 10.1. The van der Waals surface area contributed by atoms with Crippen LogP contribution < -0.4 is 14.8 Å². The number of methoxy groups -OCH3 is 2. The highest BCUT2D eigenvalue weighted by Crippen LogP contribution is 2.30. The number of ether oxygens (including phenoxy) is 3. The highest BCUT2D eigenvalue weighted by Gasteiger charge is 2.32. The van der Waals surface area contributed by atoms with E-state index in [4.69, 9.17) is 4.74 Å². The summed E-state index contributed by atoms with van der Waals surface area (Å²) in [5.41, 5.74) is 0.739. The number of alkyl halides is 2. The van der Waals surface area contributed by atoms with Gasteiger partial charge in [-0.1, -0.05) is 6.07 Å². The second-order valence-electron chi connectivity index (χ2n) is 5.42. The zero-order valence-corrected chi connectivity index (χ0v) is 14.0. The third kappa shape index (κ3) is 5.02. The van der Waals surface area contributed by atoms with Crippen LogP contribution in [0.25, 0.3) is 0 Å². The fraction of sp³-hybridized carbons (Fsp3) is 0.500. The van der Waals surface area contributed by atoms with E-state index in [-0.39, 0.29) is 23.8 Å². The summed E-state index contributed by atoms with van der Waals surface area (Å²) in [6.07, 6.45) is -0.0634. The van der Waals surface area contributed by atoms with E-state index in [9.17, 15) is 18.4 Å². The van der Waals surface area contributed by atoms with Crippen molar-refractivity contribution in [2.45, 2.75) is 25.6 Å². The van der Waals surface area contributed by atoms with Gasteiger partial charge in [-0.3, -0.25) is 14.5 Å². The van der Waals surface area contributed by atoms with Crippen LogP contribution in [0, 0.1) is 0 Å². The Morgan fingerprint density at radius 1 is 1.36 bits per heavy atom. The largest absolute Gasteiger partial charge is 0.493 e. The summed E-state index contributed by atoms with van der Waals surface area (Å²) in [4.78, 5) is 25.4. The Labute approximate surface area is 143 Å². The molecule has 9 heteroatoms. The Hall–Kier alpha value is -2.42. The number of nitrogens with zero attached hydrogens (tertiary/aromatic N) is 1. The maximum Gasteiger partial charge on any atom is 0.387 e. The normalized spacial score (nSPS) is 18.0. The molecule has 0 bridgehead atoms. The van der Waals surface area contributed by atoms with Crippen LogP contribution in [0.1, 0.15) is 12.0 Å². The van der Waals surface area contributed by atoms with Crippen LogP contribution in [0.2, 0.25) is 0 Å². The van der Waals surface area contributed by atoms with Crippen LogP contribution in [0.3, 0.4) is 0 Å². The van der Waals surface area contributed by atoms with Crippen LogP contribution in [0.5, 0.6) is 11.5 Å². The number of piperazine rings is 1. The molecule has 1 atom stereocenters. The predicted molar refractivity (Wildman–Crippen MR) is 83.5 cm³/mol. The van der Waals surface area contributed by atoms with E-state index in [2.05, 4.69) is 14.8 Å². The first-order valence-corrected chi connectivity index (χ1v) is 7.65. The highest BCUT2D eigenvalue weighted by atomic mass is 19.3. The van der Waals surface area contributed by atoms with Gasteiger partial charge in [0.25, 0.3) is 0 Å². The molecule has 1 aliphatic heterocycles. The van der Waals surface area contributed by atoms with E-state index >= 15 is 0 Å². The second kappa shape index (κ2) is 8.61. The molecular formula is C16H20F2N2O5. The average molecular weight is 358 g/mol. The number of carbonyl (C=O) groups excluding carboxylic acids is 2. The van der Waals surface area contributed by atoms with E-state index in [1.165, 1.54) is 20.3 Å². The molecule has 0 radical (unpaired) electrons. The lowest BCUT2D eigenvalue weighted by Gasteiger charge is -2.34. The molecule has 1 aliphatic rings. The minimum absolute atomic E-state index is 0.0634. The number of benzene rings is 1. The van der Waals surface area contributed by atoms with Gasteiger partial charge in [-0.2, -0.15) is 8.78 Å². The molecule has 1 saturated heterocycles. The smallest absolute Gasteiger partial charge is 0.387 e. The van der Waals surface area contributed by atoms with Crippen LogP contribution >= 0.6 is 0 Å². The summed E-state index contributed by atoms with van der Waals surface area (Å²) in [6, 6.07) is 3.92. The molecular weight excluding hydrogens is 338 g/mol. The topological polar surface area (TPSA) is 77.1 Å². The Bertz CT molecular complexity index is 627. The zero-order valence-electron chi connectivity index (χ0n) is 14.0. The van der Waals surface area contributed by atoms with Crippen LogP contribution in [0.4, 0.5) is 8.78 Å². The van der Waals surface area contributed by atoms with E-state index in [0.29, 0.717) is 19.6 Å². The number of hydrogen-bond donors (Lipinski definition) is 1. The molecule has 1 amide bonds. The number of amides is 1. The first-order chi connectivity index (χ1) is 11.9. The molecule has 0 aromatic heterocycles. The lowest BCUT2D eigenvalue weighted by molar-refractivity contribution is -0.146. The van der Waals surface area contributed by atoms with Gasteiger partial charge in [0.1, 0.15) is 6.04 Å². The van der Waals surface area contributed by atoms with Crippen LogP contribution in [0.15, 0.2) is 18.2 Å². The Morgan fingerprint density at radius 2 is 2.12 bits per heavy atom. The lowest BCUT2D eigenvalue weighted by Crippen LogP contribution is -2.55. The Balaban J connectivity index is 2.15. The molecule has 0 unspecified atom stereocenters. The molecule has 1 aromatic rings. The first-order valence-electron chi connectivity index (χ1n) is 7.65. The molecule has 25 heavy (non-hydrogen) atoms. The maximum absolute atomic E-state index is 12.4. The van der Waals surface area contributed by atoms with Crippen molar-refractivity contribution in [3.05, 3.63) is 23.8 Å². The summed E-state index contributed by atoms with van der Waals surface area (Å²) in [5, 5.41) is 2.71. The first kappa shape index (κ1) is 18.9. The van der Waals surface area contributed by atoms with Gasteiger partial charge in [0.2, 0.25) is 5.91 Å². The van der Waals surface area contributed by atoms with Crippen molar-refractivity contribution in [1.82, 2.24) is 10.2 Å². The quantitative estimate of drug-likeness (QED) is 0.737. The van der Waals surface area contributed by atoms with E-state index in [1.807, 2.05) is 4.90 Å². The fourth-order valence-corrected chi connectivity index (χ4v) is 2.65. The zero-order chi connectivity index (χ0) is 18.4. The number of esters is 1. The number of halogens is 2. The number of carbonyl (C=O) groups is 2. The molecule has 138 valence electrons. The summed E-state index contributed by atoms with van der Waals surface area (Å²) < 4.78 is 38.9. The van der Waals surface area contributed by atoms with Gasteiger partial charge < -0.3 is 19.5 Å². The second-order valence-corrected chi connectivity index (χ2v) is 5.42. The standard InChI is InChI=1S/C16H20F2N2O5/c1-23-13-7-10(3-4-12(13)25-16(17)18)9-20-6-5-19-15(22)11(20)8-14(21)24-2/h3-4,7,11,16H,5-6,8-9H2,1-2H3,(H,19,22)/t11-/m1/s1. The molecule has 1 N–H and O–H groups in total. The van der Waals surface area contributed by atoms with E-state index in [1.54, 1.807) is 12.1 Å². The molecule has 2 rings (SSSR count). The molecule has 0 aliphatic carbocycles. The van der Waals surface area contributed by atoms with E-state index < -0.39 is 18.6 Å². The molecule has 1 fully saturated rings. The molecule has 0 spiro atoms. The van der Waals surface area contributed by atoms with Crippen molar-refractivity contribution >= 4 is 11.9 Å². The van der Waals surface area contributed by atoms with Gasteiger partial charge in [-0.05, 0) is 17.7 Å². The third-order valence-corrected chi connectivity index (χ3v) is 3.86. The molecule has 7 nitrogen and oxygen atoms in total. The highest BCUT2D eigenvalue weighted by molar-refractivity contribution is 5.87. The van der Waals surface area contributed by atoms with Gasteiger partial charge in [0.15, 0.2) is 11.5 Å². The molecule has 1 aromatic carbocycles. The van der Waals surface area contributed by atoms with Gasteiger partial charge >= 0.3 is 12.6 Å². The predicted octanol–water partition coefficient (Wildman–Crippen LogP) is 1.16. The van der Waals surface area contributed by atoms with Crippen LogP contribution in [-0.4, -0.2) is 56.7 Å². The monoisotopic (exact) mass is 358 g/mol. The number of rotatable bonds is 7. The average Bonchev–Trinajstić information content (AvgIpc) is 2.58. The summed E-state index contributed by atoms with van der Waals surface area (Å²) in [5.74, 6) is -0.626. The SMILES string of the molecule is COC(=O)C[C@@H]1C(=O)NCCN1Cc1ccc(OC(F)F)c(OC)c1. The molecule has 0 saturated carbocycles. The number of nitrogens with one attached hydrogen (secondary N) is 1. The Morgan fingerprint density at radius 3 is 2.76 bits per heavy atom. The van der Waals surface area contributed by atoms with Crippen molar-refractivity contribution < 1.29 is 32.6 Å². The van der Waals surface area contributed by atoms with Crippen molar-refractivity contribution in [2.24, 2.45) is 0 Å². The third-order valence-electron chi connectivity index (χ3n) is 3.86. The van der Waals surface area contributed by atoms with Gasteiger partial charge in [-0.25, -0.2) is 0 Å². The minimum Gasteiger partial charge on any atom is -0.493 e. The summed E-state index contributed by atoms with van der Waals surface area (Å²) in [7, 11) is 2.62. The summed E-state index contributed by atoms with van der Waals surface area (Å²) in [6.45, 7) is -1.60. The minimum atomic E-state index is -2.95.